The molecule has 1 aliphatic carbocycles. The molecular formula is C12H21N3O2. The van der Waals surface area contributed by atoms with E-state index in [4.69, 9.17) is 4.74 Å². The average Bonchev–Trinajstić information content (AvgIpc) is 2.70. The Labute approximate surface area is 102 Å². The van der Waals surface area contributed by atoms with E-state index in [0.717, 1.165) is 12.8 Å². The minimum absolute atomic E-state index is 0.318. The van der Waals surface area contributed by atoms with Crippen LogP contribution < -0.4 is 5.32 Å². The third kappa shape index (κ3) is 2.86. The van der Waals surface area contributed by atoms with Gasteiger partial charge in [0, 0.05) is 38.0 Å². The van der Waals surface area contributed by atoms with Crippen molar-refractivity contribution >= 4 is 0 Å². The Bertz CT molecular complexity index is 365. The maximum atomic E-state index is 9.62. The van der Waals surface area contributed by atoms with E-state index in [0.29, 0.717) is 19.2 Å². The molecule has 0 saturated heterocycles. The minimum Gasteiger partial charge on any atom is -0.389 e. The van der Waals surface area contributed by atoms with Crippen LogP contribution in [-0.2, 0) is 18.2 Å². The van der Waals surface area contributed by atoms with Gasteiger partial charge in [-0.1, -0.05) is 0 Å². The van der Waals surface area contributed by atoms with Crippen molar-refractivity contribution in [2.45, 2.75) is 31.4 Å². The largest absolute Gasteiger partial charge is 0.389 e. The number of fused-ring (bicyclic) bond motifs is 1. The summed E-state index contributed by atoms with van der Waals surface area (Å²) in [4.78, 5) is 0. The number of aromatic nitrogens is 2. The lowest BCUT2D eigenvalue weighted by molar-refractivity contribution is 0.0622. The van der Waals surface area contributed by atoms with Crippen LogP contribution in [0.25, 0.3) is 0 Å². The Morgan fingerprint density at radius 3 is 3.29 bits per heavy atom. The quantitative estimate of drug-likeness (QED) is 0.780. The van der Waals surface area contributed by atoms with Crippen molar-refractivity contribution in [3.63, 3.8) is 0 Å². The topological polar surface area (TPSA) is 59.3 Å². The number of hydrogen-bond donors (Lipinski definition) is 2. The molecule has 0 bridgehead atoms. The molecule has 0 fully saturated rings. The van der Waals surface area contributed by atoms with Gasteiger partial charge in [-0.05, 0) is 19.3 Å². The number of aliphatic hydroxyl groups excluding tert-OH is 1. The smallest absolute Gasteiger partial charge is 0.0897 e. The maximum Gasteiger partial charge on any atom is 0.0897 e. The van der Waals surface area contributed by atoms with E-state index in [1.807, 2.05) is 17.9 Å². The van der Waals surface area contributed by atoms with Crippen molar-refractivity contribution in [1.29, 1.82) is 0 Å². The van der Waals surface area contributed by atoms with Gasteiger partial charge in [0.1, 0.15) is 0 Å². The number of aryl methyl sites for hydroxylation is 1. The van der Waals surface area contributed by atoms with Gasteiger partial charge in [0.05, 0.1) is 18.9 Å². The SMILES string of the molecule is COCC(O)CNC1CCCc2c1cnn2C. The first-order valence-electron chi connectivity index (χ1n) is 6.13. The van der Waals surface area contributed by atoms with Crippen molar-refractivity contribution in [1.82, 2.24) is 15.1 Å². The number of aliphatic hydroxyl groups is 1. The number of ether oxygens (including phenoxy) is 1. The lowest BCUT2D eigenvalue weighted by Gasteiger charge is -2.25. The van der Waals surface area contributed by atoms with Gasteiger partial charge in [-0.3, -0.25) is 4.68 Å². The summed E-state index contributed by atoms with van der Waals surface area (Å²) in [6.45, 7) is 0.937. The Hall–Kier alpha value is -0.910. The molecule has 0 radical (unpaired) electrons. The third-order valence-corrected chi connectivity index (χ3v) is 3.33. The van der Waals surface area contributed by atoms with Crippen LogP contribution in [0.3, 0.4) is 0 Å². The molecule has 2 rings (SSSR count). The molecule has 96 valence electrons. The highest BCUT2D eigenvalue weighted by molar-refractivity contribution is 5.24. The predicted molar refractivity (Wildman–Crippen MR) is 64.8 cm³/mol. The van der Waals surface area contributed by atoms with Crippen molar-refractivity contribution < 1.29 is 9.84 Å². The molecule has 1 aromatic rings. The second-order valence-electron chi connectivity index (χ2n) is 4.63. The summed E-state index contributed by atoms with van der Waals surface area (Å²) in [6, 6.07) is 0.318. The van der Waals surface area contributed by atoms with Crippen LogP contribution in [0.2, 0.25) is 0 Å². The van der Waals surface area contributed by atoms with Crippen molar-refractivity contribution in [2.75, 3.05) is 20.3 Å². The zero-order valence-electron chi connectivity index (χ0n) is 10.5. The first-order chi connectivity index (χ1) is 8.22. The van der Waals surface area contributed by atoms with Gasteiger partial charge in [0.15, 0.2) is 0 Å². The molecule has 0 aliphatic heterocycles. The fraction of sp³-hybridized carbons (Fsp3) is 0.750. The summed E-state index contributed by atoms with van der Waals surface area (Å²) in [7, 11) is 3.59. The van der Waals surface area contributed by atoms with E-state index in [1.54, 1.807) is 7.11 Å². The van der Waals surface area contributed by atoms with Crippen LogP contribution in [0, 0.1) is 0 Å². The summed E-state index contributed by atoms with van der Waals surface area (Å²) in [6.07, 6.45) is 4.88. The lowest BCUT2D eigenvalue weighted by Crippen LogP contribution is -2.34. The fourth-order valence-electron chi connectivity index (χ4n) is 2.45. The van der Waals surface area contributed by atoms with Crippen LogP contribution in [-0.4, -0.2) is 41.3 Å². The first kappa shape index (κ1) is 12.5. The molecule has 0 saturated carbocycles. The molecule has 2 unspecified atom stereocenters. The zero-order chi connectivity index (χ0) is 12.3. The highest BCUT2D eigenvalue weighted by Crippen LogP contribution is 2.28. The van der Waals surface area contributed by atoms with E-state index in [9.17, 15) is 5.11 Å². The van der Waals surface area contributed by atoms with Gasteiger partial charge in [0.2, 0.25) is 0 Å². The summed E-state index contributed by atoms with van der Waals surface area (Å²) >= 11 is 0. The Balaban J connectivity index is 1.94. The second-order valence-corrected chi connectivity index (χ2v) is 4.63. The average molecular weight is 239 g/mol. The summed E-state index contributed by atoms with van der Waals surface area (Å²) in [5.41, 5.74) is 2.60. The predicted octanol–water partition coefficient (Wildman–Crippen LogP) is 0.394. The molecule has 1 heterocycles. The molecule has 0 aromatic carbocycles. The molecule has 0 amide bonds. The van der Waals surface area contributed by atoms with Gasteiger partial charge in [-0.25, -0.2) is 0 Å². The Morgan fingerprint density at radius 1 is 1.71 bits per heavy atom. The standard InChI is InChI=1S/C12H21N3O2/c1-15-12-5-3-4-11(10(12)7-14-15)13-6-9(16)8-17-2/h7,9,11,13,16H,3-6,8H2,1-2H3. The highest BCUT2D eigenvalue weighted by atomic mass is 16.5. The van der Waals surface area contributed by atoms with E-state index in [2.05, 4.69) is 10.4 Å². The summed E-state index contributed by atoms with van der Waals surface area (Å²) in [5.74, 6) is 0. The molecule has 17 heavy (non-hydrogen) atoms. The van der Waals surface area contributed by atoms with Crippen LogP contribution in [0.15, 0.2) is 6.20 Å². The molecule has 1 aliphatic rings. The minimum atomic E-state index is -0.443. The number of nitrogens with zero attached hydrogens (tertiary/aromatic N) is 2. The van der Waals surface area contributed by atoms with Gasteiger partial charge in [-0.2, -0.15) is 5.10 Å². The molecule has 1 aromatic heterocycles. The third-order valence-electron chi connectivity index (χ3n) is 3.33. The van der Waals surface area contributed by atoms with Crippen molar-refractivity contribution in [3.8, 4) is 0 Å². The summed E-state index contributed by atoms with van der Waals surface area (Å²) < 4.78 is 6.86. The second kappa shape index (κ2) is 5.62. The summed E-state index contributed by atoms with van der Waals surface area (Å²) in [5, 5.41) is 17.3. The Kier molecular flexibility index (Phi) is 4.15. The molecular weight excluding hydrogens is 218 g/mol. The van der Waals surface area contributed by atoms with Crippen LogP contribution in [0.1, 0.15) is 30.1 Å². The van der Waals surface area contributed by atoms with E-state index in [1.165, 1.54) is 17.7 Å². The highest BCUT2D eigenvalue weighted by Gasteiger charge is 2.23. The maximum absolute atomic E-state index is 9.62. The number of methoxy groups -OCH3 is 1. The zero-order valence-corrected chi connectivity index (χ0v) is 10.5. The van der Waals surface area contributed by atoms with E-state index in [-0.39, 0.29) is 0 Å². The molecule has 5 nitrogen and oxygen atoms in total. The lowest BCUT2D eigenvalue weighted by atomic mass is 9.93. The van der Waals surface area contributed by atoms with Crippen LogP contribution in [0.4, 0.5) is 0 Å². The molecule has 2 N–H and O–H groups in total. The number of nitrogens with one attached hydrogen (secondary N) is 1. The number of rotatable bonds is 5. The normalized spacial score (nSPS) is 21.2. The monoisotopic (exact) mass is 239 g/mol. The van der Waals surface area contributed by atoms with Gasteiger partial charge >= 0.3 is 0 Å². The molecule has 5 heteroatoms. The van der Waals surface area contributed by atoms with Gasteiger partial charge in [0.25, 0.3) is 0 Å². The number of hydrogen-bond acceptors (Lipinski definition) is 4. The Morgan fingerprint density at radius 2 is 2.53 bits per heavy atom. The van der Waals surface area contributed by atoms with Gasteiger partial charge < -0.3 is 15.2 Å². The van der Waals surface area contributed by atoms with E-state index >= 15 is 0 Å². The van der Waals surface area contributed by atoms with Crippen LogP contribution >= 0.6 is 0 Å². The molecule has 2 atom stereocenters. The van der Waals surface area contributed by atoms with Crippen molar-refractivity contribution in [2.24, 2.45) is 7.05 Å². The van der Waals surface area contributed by atoms with Crippen LogP contribution in [0.5, 0.6) is 0 Å². The fourth-order valence-corrected chi connectivity index (χ4v) is 2.45. The van der Waals surface area contributed by atoms with Crippen molar-refractivity contribution in [3.05, 3.63) is 17.5 Å². The van der Waals surface area contributed by atoms with E-state index < -0.39 is 6.10 Å². The van der Waals surface area contributed by atoms with Gasteiger partial charge in [-0.15, -0.1) is 0 Å². The molecule has 0 spiro atoms. The first-order valence-corrected chi connectivity index (χ1v) is 6.13.